The third-order valence-electron chi connectivity index (χ3n) is 3.64. The molecule has 0 radical (unpaired) electrons. The standard InChI is InChI=1S/C17H14N6O/c24-17-22-15-12(4-3-9-19-15)16(23-17)20-10-11-6-7-14(21-11)13-5-1-2-8-18-13/h1-9,21H,10H2,(H2,19,20,22,23,24). The van der Waals surface area contributed by atoms with Crippen LogP contribution in [0.1, 0.15) is 5.69 Å². The van der Waals surface area contributed by atoms with E-state index in [0.29, 0.717) is 18.0 Å². The number of H-pyrrole nitrogens is 2. The molecule has 0 spiro atoms. The Labute approximate surface area is 136 Å². The lowest BCUT2D eigenvalue weighted by Crippen LogP contribution is -2.14. The van der Waals surface area contributed by atoms with Crippen LogP contribution in [0.25, 0.3) is 22.4 Å². The SMILES string of the molecule is O=c1nc(NCc2ccc(-c3ccccn3)[nH]2)c2cccnc2[nH]1. The summed E-state index contributed by atoms with van der Waals surface area (Å²) < 4.78 is 0. The van der Waals surface area contributed by atoms with E-state index in [-0.39, 0.29) is 0 Å². The van der Waals surface area contributed by atoms with Gasteiger partial charge in [-0.05, 0) is 36.4 Å². The minimum absolute atomic E-state index is 0.427. The molecule has 0 aliphatic rings. The second kappa shape index (κ2) is 5.96. The van der Waals surface area contributed by atoms with Gasteiger partial charge in [-0.1, -0.05) is 6.07 Å². The van der Waals surface area contributed by atoms with E-state index in [2.05, 4.69) is 30.2 Å². The van der Waals surface area contributed by atoms with Crippen LogP contribution in [-0.4, -0.2) is 24.9 Å². The topological polar surface area (TPSA) is 99.3 Å². The highest BCUT2D eigenvalue weighted by Crippen LogP contribution is 2.18. The van der Waals surface area contributed by atoms with Gasteiger partial charge < -0.3 is 10.3 Å². The molecule has 4 heterocycles. The van der Waals surface area contributed by atoms with E-state index in [1.54, 1.807) is 18.5 Å². The summed E-state index contributed by atoms with van der Waals surface area (Å²) in [5, 5.41) is 3.96. The first-order chi connectivity index (χ1) is 11.8. The first-order valence-corrected chi connectivity index (χ1v) is 7.48. The van der Waals surface area contributed by atoms with E-state index < -0.39 is 5.69 Å². The summed E-state index contributed by atoms with van der Waals surface area (Å²) in [6.07, 6.45) is 3.39. The number of nitrogens with zero attached hydrogens (tertiary/aromatic N) is 3. The van der Waals surface area contributed by atoms with Crippen LogP contribution in [0.5, 0.6) is 0 Å². The van der Waals surface area contributed by atoms with Crippen LogP contribution in [-0.2, 0) is 6.54 Å². The monoisotopic (exact) mass is 318 g/mol. The van der Waals surface area contributed by atoms with Gasteiger partial charge in [0, 0.05) is 18.1 Å². The van der Waals surface area contributed by atoms with Gasteiger partial charge in [0.1, 0.15) is 11.5 Å². The quantitative estimate of drug-likeness (QED) is 0.536. The maximum Gasteiger partial charge on any atom is 0.348 e. The molecule has 3 N–H and O–H groups in total. The van der Waals surface area contributed by atoms with Gasteiger partial charge in [-0.25, -0.2) is 9.78 Å². The number of hydrogen-bond donors (Lipinski definition) is 3. The summed E-state index contributed by atoms with van der Waals surface area (Å²) in [6.45, 7) is 0.507. The van der Waals surface area contributed by atoms with Crippen LogP contribution < -0.4 is 11.0 Å². The Morgan fingerprint density at radius 2 is 1.88 bits per heavy atom. The minimum Gasteiger partial charge on any atom is -0.364 e. The van der Waals surface area contributed by atoms with Gasteiger partial charge in [-0.2, -0.15) is 4.98 Å². The molecule has 0 saturated heterocycles. The maximum atomic E-state index is 11.6. The fourth-order valence-corrected chi connectivity index (χ4v) is 2.52. The molecule has 0 aromatic carbocycles. The van der Waals surface area contributed by atoms with Crippen LogP contribution in [0.3, 0.4) is 0 Å². The molecule has 7 nitrogen and oxygen atoms in total. The third kappa shape index (κ3) is 2.74. The highest BCUT2D eigenvalue weighted by molar-refractivity contribution is 5.85. The van der Waals surface area contributed by atoms with Crippen LogP contribution >= 0.6 is 0 Å². The number of aromatic amines is 2. The van der Waals surface area contributed by atoms with Crippen LogP contribution in [0.15, 0.2) is 59.7 Å². The van der Waals surface area contributed by atoms with E-state index >= 15 is 0 Å². The Kier molecular flexibility index (Phi) is 3.51. The molecule has 4 aromatic rings. The molecular weight excluding hydrogens is 304 g/mol. The maximum absolute atomic E-state index is 11.6. The fourth-order valence-electron chi connectivity index (χ4n) is 2.52. The van der Waals surface area contributed by atoms with Crippen LogP contribution in [0.4, 0.5) is 5.82 Å². The zero-order chi connectivity index (χ0) is 16.4. The summed E-state index contributed by atoms with van der Waals surface area (Å²) in [4.78, 5) is 30.0. The van der Waals surface area contributed by atoms with Crippen molar-refractivity contribution in [1.29, 1.82) is 0 Å². The van der Waals surface area contributed by atoms with Gasteiger partial charge >= 0.3 is 5.69 Å². The normalized spacial score (nSPS) is 10.8. The molecule has 118 valence electrons. The lowest BCUT2D eigenvalue weighted by atomic mass is 10.3. The Morgan fingerprint density at radius 1 is 0.958 bits per heavy atom. The Bertz CT molecular complexity index is 1040. The van der Waals surface area contributed by atoms with Crippen molar-refractivity contribution in [2.75, 3.05) is 5.32 Å². The van der Waals surface area contributed by atoms with Crippen molar-refractivity contribution in [1.82, 2.24) is 24.9 Å². The van der Waals surface area contributed by atoms with E-state index in [9.17, 15) is 4.79 Å². The number of anilines is 1. The predicted molar refractivity (Wildman–Crippen MR) is 91.5 cm³/mol. The number of rotatable bonds is 4. The zero-order valence-electron chi connectivity index (χ0n) is 12.7. The van der Waals surface area contributed by atoms with Gasteiger partial charge in [0.2, 0.25) is 0 Å². The van der Waals surface area contributed by atoms with Crippen molar-refractivity contribution in [2.45, 2.75) is 6.54 Å². The molecule has 4 aromatic heterocycles. The molecule has 0 fully saturated rings. The third-order valence-corrected chi connectivity index (χ3v) is 3.64. The van der Waals surface area contributed by atoms with Gasteiger partial charge in [0.15, 0.2) is 0 Å². The van der Waals surface area contributed by atoms with Crippen molar-refractivity contribution in [3.8, 4) is 11.4 Å². The molecule has 0 aliphatic heterocycles. The number of hydrogen-bond acceptors (Lipinski definition) is 5. The van der Waals surface area contributed by atoms with Crippen molar-refractivity contribution < 1.29 is 0 Å². The molecule has 0 amide bonds. The lowest BCUT2D eigenvalue weighted by Gasteiger charge is -2.06. The highest BCUT2D eigenvalue weighted by Gasteiger charge is 2.07. The summed E-state index contributed by atoms with van der Waals surface area (Å²) in [5.41, 5.74) is 2.88. The molecule has 0 saturated carbocycles. The molecule has 7 heteroatoms. The Balaban J connectivity index is 1.58. The Hall–Kier alpha value is -3.48. The Morgan fingerprint density at radius 3 is 2.75 bits per heavy atom. The molecule has 0 atom stereocenters. The van der Waals surface area contributed by atoms with Crippen molar-refractivity contribution in [3.63, 3.8) is 0 Å². The van der Waals surface area contributed by atoms with Crippen LogP contribution in [0.2, 0.25) is 0 Å². The molecular formula is C17H14N6O. The minimum atomic E-state index is -0.427. The van der Waals surface area contributed by atoms with Gasteiger partial charge in [0.05, 0.1) is 23.3 Å². The largest absolute Gasteiger partial charge is 0.364 e. The van der Waals surface area contributed by atoms with Crippen molar-refractivity contribution in [3.05, 3.63) is 71.0 Å². The van der Waals surface area contributed by atoms with Gasteiger partial charge in [0.25, 0.3) is 0 Å². The smallest absolute Gasteiger partial charge is 0.348 e. The first-order valence-electron chi connectivity index (χ1n) is 7.48. The van der Waals surface area contributed by atoms with E-state index in [0.717, 1.165) is 22.5 Å². The number of aromatic nitrogens is 5. The second-order valence-electron chi connectivity index (χ2n) is 5.26. The highest BCUT2D eigenvalue weighted by atomic mass is 16.1. The number of pyridine rings is 2. The van der Waals surface area contributed by atoms with Crippen molar-refractivity contribution in [2.24, 2.45) is 0 Å². The summed E-state index contributed by atoms with van der Waals surface area (Å²) in [5.74, 6) is 0.510. The first kappa shape index (κ1) is 14.1. The van der Waals surface area contributed by atoms with E-state index in [4.69, 9.17) is 0 Å². The van der Waals surface area contributed by atoms with E-state index in [1.807, 2.05) is 36.4 Å². The predicted octanol–water partition coefficient (Wildman–Crippen LogP) is 2.32. The van der Waals surface area contributed by atoms with E-state index in [1.165, 1.54) is 0 Å². The summed E-state index contributed by atoms with van der Waals surface area (Å²) in [6, 6.07) is 13.4. The van der Waals surface area contributed by atoms with Gasteiger partial charge in [-0.3, -0.25) is 9.97 Å². The summed E-state index contributed by atoms with van der Waals surface area (Å²) >= 11 is 0. The fraction of sp³-hybridized carbons (Fsp3) is 0.0588. The number of nitrogens with one attached hydrogen (secondary N) is 3. The lowest BCUT2D eigenvalue weighted by molar-refractivity contribution is 1.03. The molecule has 0 aliphatic carbocycles. The second-order valence-corrected chi connectivity index (χ2v) is 5.26. The molecule has 0 unspecified atom stereocenters. The molecule has 0 bridgehead atoms. The molecule has 24 heavy (non-hydrogen) atoms. The van der Waals surface area contributed by atoms with Crippen molar-refractivity contribution >= 4 is 16.9 Å². The molecule has 4 rings (SSSR count). The van der Waals surface area contributed by atoms with Crippen LogP contribution in [0, 0.1) is 0 Å². The number of fused-ring (bicyclic) bond motifs is 1. The zero-order valence-corrected chi connectivity index (χ0v) is 12.7. The van der Waals surface area contributed by atoms with Gasteiger partial charge in [-0.15, -0.1) is 0 Å². The average molecular weight is 318 g/mol. The average Bonchev–Trinajstić information content (AvgIpc) is 3.09. The summed E-state index contributed by atoms with van der Waals surface area (Å²) in [7, 11) is 0.